The van der Waals surface area contributed by atoms with E-state index in [0.717, 1.165) is 16.6 Å². The second-order valence-corrected chi connectivity index (χ2v) is 5.10. The van der Waals surface area contributed by atoms with Crippen molar-refractivity contribution in [2.24, 2.45) is 0 Å². The van der Waals surface area contributed by atoms with Gasteiger partial charge in [-0.25, -0.2) is 4.79 Å². The lowest BCUT2D eigenvalue weighted by atomic mass is 10.2. The molecule has 23 heavy (non-hydrogen) atoms. The van der Waals surface area contributed by atoms with Crippen LogP contribution in [0.25, 0.3) is 10.9 Å². The Hall–Kier alpha value is -2.73. The summed E-state index contributed by atoms with van der Waals surface area (Å²) in [5.41, 5.74) is 2.17. The van der Waals surface area contributed by atoms with Crippen molar-refractivity contribution in [2.45, 2.75) is 6.92 Å². The summed E-state index contributed by atoms with van der Waals surface area (Å²) >= 11 is 6.01. The van der Waals surface area contributed by atoms with Gasteiger partial charge in [-0.3, -0.25) is 4.98 Å². The van der Waals surface area contributed by atoms with Crippen molar-refractivity contribution in [3.05, 3.63) is 47.7 Å². The fourth-order valence-electron chi connectivity index (χ4n) is 2.16. The Bertz CT molecular complexity index is 833. The Kier molecular flexibility index (Phi) is 4.34. The molecule has 3 aromatic rings. The van der Waals surface area contributed by atoms with E-state index in [4.69, 9.17) is 21.1 Å². The number of hydrogen-bond acceptors (Lipinski definition) is 5. The average Bonchev–Trinajstić information content (AvgIpc) is 2.85. The SMILES string of the molecule is CCOC(=O)Oc1[nH]c2cc(Cl)ccc2c1Nc1ccncc1. The van der Waals surface area contributed by atoms with Crippen molar-refractivity contribution in [1.29, 1.82) is 0 Å². The molecule has 6 nitrogen and oxygen atoms in total. The highest BCUT2D eigenvalue weighted by Crippen LogP contribution is 2.37. The number of ether oxygens (including phenoxy) is 2. The Morgan fingerprint density at radius 3 is 2.83 bits per heavy atom. The molecule has 0 spiro atoms. The number of fused-ring (bicyclic) bond motifs is 1. The molecule has 0 saturated heterocycles. The maximum atomic E-state index is 11.6. The van der Waals surface area contributed by atoms with E-state index in [0.29, 0.717) is 10.7 Å². The van der Waals surface area contributed by atoms with Crippen LogP contribution in [-0.2, 0) is 4.74 Å². The molecule has 3 rings (SSSR count). The summed E-state index contributed by atoms with van der Waals surface area (Å²) in [6, 6.07) is 8.98. The number of hydrogen-bond donors (Lipinski definition) is 2. The topological polar surface area (TPSA) is 76.2 Å². The van der Waals surface area contributed by atoms with Crippen molar-refractivity contribution >= 4 is 40.0 Å². The third-order valence-corrected chi connectivity index (χ3v) is 3.36. The van der Waals surface area contributed by atoms with Crippen LogP contribution in [0.2, 0.25) is 5.02 Å². The molecule has 2 heterocycles. The predicted octanol–water partition coefficient (Wildman–Crippen LogP) is 4.50. The van der Waals surface area contributed by atoms with Crippen LogP contribution in [0.5, 0.6) is 5.88 Å². The van der Waals surface area contributed by atoms with Crippen molar-refractivity contribution in [1.82, 2.24) is 9.97 Å². The first-order valence-electron chi connectivity index (χ1n) is 7.00. The van der Waals surface area contributed by atoms with Crippen LogP contribution in [0.3, 0.4) is 0 Å². The number of nitrogens with one attached hydrogen (secondary N) is 2. The van der Waals surface area contributed by atoms with Gasteiger partial charge in [0, 0.05) is 28.5 Å². The van der Waals surface area contributed by atoms with Crippen LogP contribution in [0, 0.1) is 0 Å². The van der Waals surface area contributed by atoms with E-state index < -0.39 is 6.16 Å². The van der Waals surface area contributed by atoms with Gasteiger partial charge in [-0.15, -0.1) is 0 Å². The molecule has 7 heteroatoms. The zero-order valence-electron chi connectivity index (χ0n) is 12.3. The number of aromatic amines is 1. The zero-order valence-corrected chi connectivity index (χ0v) is 13.1. The summed E-state index contributed by atoms with van der Waals surface area (Å²) in [5.74, 6) is 0.262. The van der Waals surface area contributed by atoms with Crippen LogP contribution in [0.15, 0.2) is 42.7 Å². The number of nitrogens with zero attached hydrogens (tertiary/aromatic N) is 1. The molecule has 0 saturated carbocycles. The highest BCUT2D eigenvalue weighted by molar-refractivity contribution is 6.31. The number of halogens is 1. The molecular formula is C16H14ClN3O3. The highest BCUT2D eigenvalue weighted by atomic mass is 35.5. The van der Waals surface area contributed by atoms with Gasteiger partial charge >= 0.3 is 6.16 Å². The molecule has 0 aliphatic heterocycles. The number of benzene rings is 1. The van der Waals surface area contributed by atoms with Crippen molar-refractivity contribution in [3.63, 3.8) is 0 Å². The van der Waals surface area contributed by atoms with Crippen LogP contribution in [0.1, 0.15) is 6.92 Å². The molecule has 0 aliphatic rings. The van der Waals surface area contributed by atoms with Crippen molar-refractivity contribution < 1.29 is 14.3 Å². The van der Waals surface area contributed by atoms with Gasteiger partial charge in [-0.1, -0.05) is 11.6 Å². The number of anilines is 2. The molecule has 0 atom stereocenters. The average molecular weight is 332 g/mol. The molecule has 2 aromatic heterocycles. The minimum atomic E-state index is -0.775. The number of aromatic nitrogens is 2. The van der Waals surface area contributed by atoms with Gasteiger partial charge in [0.2, 0.25) is 5.88 Å². The minimum Gasteiger partial charge on any atom is -0.434 e. The fourth-order valence-corrected chi connectivity index (χ4v) is 2.33. The Balaban J connectivity index is 2.02. The molecular weight excluding hydrogens is 318 g/mol. The summed E-state index contributed by atoms with van der Waals surface area (Å²) in [4.78, 5) is 18.6. The van der Waals surface area contributed by atoms with Crippen molar-refractivity contribution in [3.8, 4) is 5.88 Å². The summed E-state index contributed by atoms with van der Waals surface area (Å²) in [7, 11) is 0. The van der Waals surface area contributed by atoms with Gasteiger partial charge < -0.3 is 19.8 Å². The van der Waals surface area contributed by atoms with E-state index in [-0.39, 0.29) is 12.5 Å². The van der Waals surface area contributed by atoms with Gasteiger partial charge in [-0.05, 0) is 37.3 Å². The van der Waals surface area contributed by atoms with Crippen LogP contribution < -0.4 is 10.1 Å². The standard InChI is InChI=1S/C16H14ClN3O3/c1-2-22-16(21)23-15-14(19-11-5-7-18-8-6-11)12-4-3-10(17)9-13(12)20-15/h3-9,20H,2H2,1H3,(H,18,19). The normalized spacial score (nSPS) is 10.5. The Morgan fingerprint density at radius 1 is 1.30 bits per heavy atom. The number of pyridine rings is 1. The largest absolute Gasteiger partial charge is 0.515 e. The molecule has 0 amide bonds. The highest BCUT2D eigenvalue weighted by Gasteiger charge is 2.17. The van der Waals surface area contributed by atoms with Crippen LogP contribution in [0.4, 0.5) is 16.2 Å². The molecule has 0 fully saturated rings. The lowest BCUT2D eigenvalue weighted by Gasteiger charge is -2.08. The summed E-state index contributed by atoms with van der Waals surface area (Å²) < 4.78 is 10.1. The fraction of sp³-hybridized carbons (Fsp3) is 0.125. The lowest BCUT2D eigenvalue weighted by Crippen LogP contribution is -2.11. The van der Waals surface area contributed by atoms with Crippen LogP contribution in [-0.4, -0.2) is 22.7 Å². The van der Waals surface area contributed by atoms with E-state index >= 15 is 0 Å². The minimum absolute atomic E-state index is 0.234. The van der Waals surface area contributed by atoms with Crippen molar-refractivity contribution in [2.75, 3.05) is 11.9 Å². The number of carbonyl (C=O) groups is 1. The van der Waals surface area contributed by atoms with Gasteiger partial charge in [0.25, 0.3) is 0 Å². The summed E-state index contributed by atoms with van der Waals surface area (Å²) in [5, 5.41) is 4.63. The first-order chi connectivity index (χ1) is 11.2. The molecule has 0 bridgehead atoms. The Morgan fingerprint density at radius 2 is 2.09 bits per heavy atom. The van der Waals surface area contributed by atoms with E-state index in [1.165, 1.54) is 0 Å². The maximum absolute atomic E-state index is 11.6. The summed E-state index contributed by atoms with van der Waals surface area (Å²) in [6.07, 6.45) is 2.56. The van der Waals surface area contributed by atoms with E-state index in [9.17, 15) is 4.79 Å². The van der Waals surface area contributed by atoms with E-state index in [1.54, 1.807) is 31.5 Å². The van der Waals surface area contributed by atoms with Gasteiger partial charge in [0.15, 0.2) is 0 Å². The second kappa shape index (κ2) is 6.58. The first-order valence-corrected chi connectivity index (χ1v) is 7.38. The quantitative estimate of drug-likeness (QED) is 0.688. The number of rotatable bonds is 4. The summed E-state index contributed by atoms with van der Waals surface area (Å²) in [6.45, 7) is 1.94. The van der Waals surface area contributed by atoms with E-state index in [2.05, 4.69) is 15.3 Å². The lowest BCUT2D eigenvalue weighted by molar-refractivity contribution is 0.103. The first kappa shape index (κ1) is 15.2. The maximum Gasteiger partial charge on any atom is 0.515 e. The smallest absolute Gasteiger partial charge is 0.434 e. The second-order valence-electron chi connectivity index (χ2n) is 4.66. The molecule has 1 aromatic carbocycles. The predicted molar refractivity (Wildman–Crippen MR) is 88.5 cm³/mol. The van der Waals surface area contributed by atoms with E-state index in [1.807, 2.05) is 18.2 Å². The monoisotopic (exact) mass is 331 g/mol. The molecule has 0 unspecified atom stereocenters. The van der Waals surface area contributed by atoms with Gasteiger partial charge in [-0.2, -0.15) is 0 Å². The number of carbonyl (C=O) groups excluding carboxylic acids is 1. The van der Waals surface area contributed by atoms with Crippen LogP contribution >= 0.6 is 11.6 Å². The zero-order chi connectivity index (χ0) is 16.2. The molecule has 0 aliphatic carbocycles. The third kappa shape index (κ3) is 3.37. The number of H-pyrrole nitrogens is 1. The van der Waals surface area contributed by atoms with Gasteiger partial charge in [0.1, 0.15) is 5.69 Å². The third-order valence-electron chi connectivity index (χ3n) is 3.12. The molecule has 118 valence electrons. The molecule has 2 N–H and O–H groups in total. The van der Waals surface area contributed by atoms with Gasteiger partial charge in [0.05, 0.1) is 12.1 Å². The Labute approximate surface area is 137 Å². The molecule has 0 radical (unpaired) electrons.